The lowest BCUT2D eigenvalue weighted by molar-refractivity contribution is 0.102. The highest BCUT2D eigenvalue weighted by atomic mass is 16.5. The first-order chi connectivity index (χ1) is 15.2. The molecule has 6 heteroatoms. The van der Waals surface area contributed by atoms with E-state index in [1.807, 2.05) is 60.7 Å². The van der Waals surface area contributed by atoms with Crippen LogP contribution >= 0.6 is 0 Å². The molecular weight excluding hydrogens is 388 g/mol. The molecule has 0 bridgehead atoms. The van der Waals surface area contributed by atoms with E-state index in [1.165, 1.54) is 6.42 Å². The van der Waals surface area contributed by atoms with Crippen LogP contribution < -0.4 is 10.1 Å². The molecule has 2 heterocycles. The van der Waals surface area contributed by atoms with Crippen molar-refractivity contribution < 1.29 is 9.53 Å². The molecule has 1 N–H and O–H groups in total. The summed E-state index contributed by atoms with van der Waals surface area (Å²) in [4.78, 5) is 13.1. The van der Waals surface area contributed by atoms with Crippen molar-refractivity contribution in [3.8, 4) is 17.1 Å². The molecule has 0 atom stereocenters. The molecule has 1 aliphatic rings. The van der Waals surface area contributed by atoms with Crippen molar-refractivity contribution >= 4 is 22.4 Å². The van der Waals surface area contributed by atoms with Gasteiger partial charge in [-0.3, -0.25) is 4.79 Å². The van der Waals surface area contributed by atoms with Crippen LogP contribution in [0.5, 0.6) is 5.75 Å². The van der Waals surface area contributed by atoms with Gasteiger partial charge < -0.3 is 14.6 Å². The predicted molar refractivity (Wildman–Crippen MR) is 121 cm³/mol. The van der Waals surface area contributed by atoms with Gasteiger partial charge in [0.25, 0.3) is 5.91 Å². The van der Waals surface area contributed by atoms with E-state index in [0.29, 0.717) is 17.0 Å². The standard InChI is InChI=1S/C25H24N4O2/c1-31-22-16-18-9-5-4-8-17(18)15-21(22)25(30)26-20-11-7-10-19(14-20)24-28-27-23-12-3-2-6-13-29(23)24/h4-5,7-11,14-16H,2-3,6,12-13H2,1H3,(H,26,30). The van der Waals surface area contributed by atoms with Gasteiger partial charge in [0, 0.05) is 24.2 Å². The Hall–Kier alpha value is -3.67. The summed E-state index contributed by atoms with van der Waals surface area (Å²) in [6.07, 6.45) is 4.47. The van der Waals surface area contributed by atoms with Gasteiger partial charge >= 0.3 is 0 Å². The highest BCUT2D eigenvalue weighted by Crippen LogP contribution is 2.28. The summed E-state index contributed by atoms with van der Waals surface area (Å²) in [5.74, 6) is 2.24. The second-order valence-corrected chi connectivity index (χ2v) is 7.84. The average molecular weight is 412 g/mol. The average Bonchev–Trinajstić information content (AvgIpc) is 3.06. The number of methoxy groups -OCH3 is 1. The van der Waals surface area contributed by atoms with Crippen LogP contribution in [0.2, 0.25) is 0 Å². The first-order valence-corrected chi connectivity index (χ1v) is 10.6. The highest BCUT2D eigenvalue weighted by Gasteiger charge is 2.18. The fourth-order valence-corrected chi connectivity index (χ4v) is 4.20. The summed E-state index contributed by atoms with van der Waals surface area (Å²) in [6.45, 7) is 0.933. The van der Waals surface area contributed by atoms with Crippen molar-refractivity contribution in [2.24, 2.45) is 0 Å². The number of carbonyl (C=O) groups excluding carboxylic acids is 1. The number of hydrogen-bond donors (Lipinski definition) is 1. The Morgan fingerprint density at radius 3 is 2.65 bits per heavy atom. The van der Waals surface area contributed by atoms with E-state index >= 15 is 0 Å². The van der Waals surface area contributed by atoms with Gasteiger partial charge in [0.2, 0.25) is 0 Å². The molecule has 1 aliphatic heterocycles. The molecule has 0 saturated carbocycles. The Morgan fingerprint density at radius 1 is 0.968 bits per heavy atom. The summed E-state index contributed by atoms with van der Waals surface area (Å²) in [6, 6.07) is 19.5. The molecule has 0 radical (unpaired) electrons. The summed E-state index contributed by atoms with van der Waals surface area (Å²) < 4.78 is 7.70. The maximum atomic E-state index is 13.1. The smallest absolute Gasteiger partial charge is 0.259 e. The zero-order valence-electron chi connectivity index (χ0n) is 17.5. The maximum Gasteiger partial charge on any atom is 0.259 e. The molecular formula is C25H24N4O2. The fraction of sp³-hybridized carbons (Fsp3) is 0.240. The SMILES string of the molecule is COc1cc2ccccc2cc1C(=O)Nc1cccc(-c2nnc3n2CCCCC3)c1. The Morgan fingerprint density at radius 2 is 1.81 bits per heavy atom. The van der Waals surface area contributed by atoms with Crippen molar-refractivity contribution in [2.45, 2.75) is 32.2 Å². The molecule has 5 rings (SSSR count). The van der Waals surface area contributed by atoms with Crippen molar-refractivity contribution in [1.29, 1.82) is 0 Å². The van der Waals surface area contributed by atoms with Gasteiger partial charge in [-0.25, -0.2) is 0 Å². The number of anilines is 1. The number of hydrogen-bond acceptors (Lipinski definition) is 4. The molecule has 0 fully saturated rings. The quantitative estimate of drug-likeness (QED) is 0.507. The molecule has 0 unspecified atom stereocenters. The lowest BCUT2D eigenvalue weighted by Gasteiger charge is -2.12. The molecule has 6 nitrogen and oxygen atoms in total. The number of benzene rings is 3. The number of amides is 1. The Bertz CT molecular complexity index is 1260. The molecule has 3 aromatic carbocycles. The summed E-state index contributed by atoms with van der Waals surface area (Å²) in [7, 11) is 1.58. The maximum absolute atomic E-state index is 13.1. The van der Waals surface area contributed by atoms with Gasteiger partial charge in [0.05, 0.1) is 12.7 Å². The Kier molecular flexibility index (Phi) is 5.12. The van der Waals surface area contributed by atoms with Crippen LogP contribution in [0.15, 0.2) is 60.7 Å². The van der Waals surface area contributed by atoms with Crippen LogP contribution in [0.3, 0.4) is 0 Å². The zero-order chi connectivity index (χ0) is 21.2. The van der Waals surface area contributed by atoms with E-state index in [2.05, 4.69) is 20.1 Å². The van der Waals surface area contributed by atoms with Crippen LogP contribution in [-0.2, 0) is 13.0 Å². The number of fused-ring (bicyclic) bond motifs is 2. The number of rotatable bonds is 4. The van der Waals surface area contributed by atoms with Crippen molar-refractivity contribution in [2.75, 3.05) is 12.4 Å². The second-order valence-electron chi connectivity index (χ2n) is 7.84. The molecule has 0 spiro atoms. The summed E-state index contributed by atoms with van der Waals surface area (Å²) in [5, 5.41) is 13.9. The molecule has 1 aromatic heterocycles. The van der Waals surface area contributed by atoms with Crippen LogP contribution in [0.4, 0.5) is 5.69 Å². The lowest BCUT2D eigenvalue weighted by Crippen LogP contribution is -2.13. The van der Waals surface area contributed by atoms with Gasteiger partial charge in [-0.1, -0.05) is 42.8 Å². The lowest BCUT2D eigenvalue weighted by atomic mass is 10.0. The highest BCUT2D eigenvalue weighted by molar-refractivity contribution is 6.08. The third-order valence-electron chi connectivity index (χ3n) is 5.80. The fourth-order valence-electron chi connectivity index (χ4n) is 4.20. The van der Waals surface area contributed by atoms with E-state index < -0.39 is 0 Å². The van der Waals surface area contributed by atoms with Crippen molar-refractivity contribution in [3.63, 3.8) is 0 Å². The molecule has 0 saturated heterocycles. The van der Waals surface area contributed by atoms with Gasteiger partial charge in [-0.2, -0.15) is 0 Å². The molecule has 1 amide bonds. The number of nitrogens with one attached hydrogen (secondary N) is 1. The minimum absolute atomic E-state index is 0.208. The molecule has 156 valence electrons. The van der Waals surface area contributed by atoms with E-state index in [0.717, 1.165) is 53.8 Å². The van der Waals surface area contributed by atoms with Crippen LogP contribution in [-0.4, -0.2) is 27.8 Å². The largest absolute Gasteiger partial charge is 0.496 e. The minimum atomic E-state index is -0.208. The van der Waals surface area contributed by atoms with E-state index in [-0.39, 0.29) is 5.91 Å². The first-order valence-electron chi connectivity index (χ1n) is 10.6. The topological polar surface area (TPSA) is 69.0 Å². The minimum Gasteiger partial charge on any atom is -0.496 e. The third kappa shape index (κ3) is 3.77. The van der Waals surface area contributed by atoms with Crippen molar-refractivity contribution in [3.05, 3.63) is 72.1 Å². The van der Waals surface area contributed by atoms with Crippen LogP contribution in [0.25, 0.3) is 22.2 Å². The number of nitrogens with zero attached hydrogens (tertiary/aromatic N) is 3. The van der Waals surface area contributed by atoms with Crippen LogP contribution in [0.1, 0.15) is 35.4 Å². The Labute approximate surface area is 180 Å². The second kappa shape index (κ2) is 8.22. The molecule has 0 aliphatic carbocycles. The van der Waals surface area contributed by atoms with Gasteiger partial charge in [0.15, 0.2) is 5.82 Å². The number of aromatic nitrogens is 3. The third-order valence-corrected chi connectivity index (χ3v) is 5.80. The number of ether oxygens (including phenoxy) is 1. The normalized spacial score (nSPS) is 13.5. The number of aryl methyl sites for hydroxylation is 1. The monoisotopic (exact) mass is 412 g/mol. The van der Waals surface area contributed by atoms with Crippen molar-refractivity contribution in [1.82, 2.24) is 14.8 Å². The van der Waals surface area contributed by atoms with E-state index in [1.54, 1.807) is 7.11 Å². The predicted octanol–water partition coefficient (Wildman–Crippen LogP) is 5.09. The van der Waals surface area contributed by atoms with Gasteiger partial charge in [-0.05, 0) is 47.9 Å². The molecule has 31 heavy (non-hydrogen) atoms. The van der Waals surface area contributed by atoms with Crippen LogP contribution in [0, 0.1) is 0 Å². The van der Waals surface area contributed by atoms with E-state index in [9.17, 15) is 4.79 Å². The summed E-state index contributed by atoms with van der Waals surface area (Å²) in [5.41, 5.74) is 2.16. The Balaban J connectivity index is 1.45. The first kappa shape index (κ1) is 19.3. The summed E-state index contributed by atoms with van der Waals surface area (Å²) >= 11 is 0. The molecule has 4 aromatic rings. The number of carbonyl (C=O) groups is 1. The van der Waals surface area contributed by atoms with E-state index in [4.69, 9.17) is 4.74 Å². The zero-order valence-corrected chi connectivity index (χ0v) is 17.5. The van der Waals surface area contributed by atoms with Gasteiger partial charge in [-0.15, -0.1) is 10.2 Å². The van der Waals surface area contributed by atoms with Gasteiger partial charge in [0.1, 0.15) is 11.6 Å².